The first-order valence-corrected chi connectivity index (χ1v) is 5.57. The van der Waals surface area contributed by atoms with Crippen LogP contribution in [0, 0.1) is 5.92 Å². The van der Waals surface area contributed by atoms with Gasteiger partial charge in [-0.3, -0.25) is 0 Å². The predicted molar refractivity (Wildman–Crippen MR) is 56.0 cm³/mol. The van der Waals surface area contributed by atoms with Crippen molar-refractivity contribution in [3.8, 4) is 0 Å². The normalized spacial score (nSPS) is 15.9. The number of nitrogens with two attached hydrogens (primary N) is 1. The molecule has 0 bridgehead atoms. The van der Waals surface area contributed by atoms with Crippen LogP contribution >= 0.6 is 0 Å². The summed E-state index contributed by atoms with van der Waals surface area (Å²) in [5.74, 6) is 0.807. The third kappa shape index (κ3) is 2.54. The standard InChI is InChI=1S/C10H18N4O/c11-7-9-10(6-8-2-3-8)14(13-12-9)4-1-5-15/h8,15H,1-7,11H2. The Hall–Kier alpha value is -0.940. The van der Waals surface area contributed by atoms with E-state index in [0.29, 0.717) is 6.54 Å². The molecule has 3 N–H and O–H groups in total. The Morgan fingerprint density at radius 2 is 2.27 bits per heavy atom. The number of aliphatic hydroxyl groups excluding tert-OH is 1. The Morgan fingerprint density at radius 3 is 2.87 bits per heavy atom. The van der Waals surface area contributed by atoms with Gasteiger partial charge in [0.25, 0.3) is 0 Å². The maximum atomic E-state index is 8.79. The monoisotopic (exact) mass is 210 g/mol. The van der Waals surface area contributed by atoms with Crippen LogP contribution in [-0.4, -0.2) is 26.7 Å². The lowest BCUT2D eigenvalue weighted by atomic mass is 10.2. The zero-order valence-electron chi connectivity index (χ0n) is 8.89. The molecule has 1 aliphatic carbocycles. The summed E-state index contributed by atoms with van der Waals surface area (Å²) in [7, 11) is 0. The van der Waals surface area contributed by atoms with Crippen LogP contribution in [0.5, 0.6) is 0 Å². The lowest BCUT2D eigenvalue weighted by Gasteiger charge is -2.05. The van der Waals surface area contributed by atoms with Gasteiger partial charge in [-0.2, -0.15) is 0 Å². The van der Waals surface area contributed by atoms with Gasteiger partial charge in [0.15, 0.2) is 0 Å². The van der Waals surface area contributed by atoms with Gasteiger partial charge >= 0.3 is 0 Å². The van der Waals surface area contributed by atoms with Crippen LogP contribution in [0.25, 0.3) is 0 Å². The molecule has 0 spiro atoms. The Bertz CT molecular complexity index is 319. The highest BCUT2D eigenvalue weighted by atomic mass is 16.3. The maximum Gasteiger partial charge on any atom is 0.0994 e. The van der Waals surface area contributed by atoms with Gasteiger partial charge < -0.3 is 10.8 Å². The summed E-state index contributed by atoms with van der Waals surface area (Å²) in [5, 5.41) is 16.9. The van der Waals surface area contributed by atoms with Crippen LogP contribution < -0.4 is 5.73 Å². The molecule has 0 atom stereocenters. The topological polar surface area (TPSA) is 77.0 Å². The van der Waals surface area contributed by atoms with Crippen molar-refractivity contribution < 1.29 is 5.11 Å². The van der Waals surface area contributed by atoms with E-state index in [1.807, 2.05) is 4.68 Å². The van der Waals surface area contributed by atoms with Crippen molar-refractivity contribution in [1.82, 2.24) is 15.0 Å². The predicted octanol–water partition coefficient (Wildman–Crippen LogP) is 0.0717. The number of aryl methyl sites for hydroxylation is 1. The highest BCUT2D eigenvalue weighted by Gasteiger charge is 2.25. The number of hydrogen-bond donors (Lipinski definition) is 2. The van der Waals surface area contributed by atoms with Crippen molar-refractivity contribution in [3.63, 3.8) is 0 Å². The highest BCUT2D eigenvalue weighted by Crippen LogP contribution is 2.33. The molecule has 2 rings (SSSR count). The second kappa shape index (κ2) is 4.72. The second-order valence-corrected chi connectivity index (χ2v) is 4.13. The molecule has 5 heteroatoms. The molecule has 1 aromatic heterocycles. The lowest BCUT2D eigenvalue weighted by molar-refractivity contribution is 0.275. The molecule has 1 fully saturated rings. The van der Waals surface area contributed by atoms with Crippen molar-refractivity contribution in [2.45, 2.75) is 38.8 Å². The molecule has 15 heavy (non-hydrogen) atoms. The van der Waals surface area contributed by atoms with E-state index in [2.05, 4.69) is 10.3 Å². The van der Waals surface area contributed by atoms with Crippen LogP contribution in [-0.2, 0) is 19.5 Å². The molecule has 0 aliphatic heterocycles. The number of aliphatic hydroxyl groups is 1. The van der Waals surface area contributed by atoms with Crippen molar-refractivity contribution in [1.29, 1.82) is 0 Å². The van der Waals surface area contributed by atoms with E-state index >= 15 is 0 Å². The fourth-order valence-corrected chi connectivity index (χ4v) is 1.75. The molecule has 1 aromatic rings. The summed E-state index contributed by atoms with van der Waals surface area (Å²) in [5.41, 5.74) is 7.71. The number of hydrogen-bond acceptors (Lipinski definition) is 4. The van der Waals surface area contributed by atoms with E-state index < -0.39 is 0 Å². The van der Waals surface area contributed by atoms with Gasteiger partial charge in [0.05, 0.1) is 11.4 Å². The first-order chi connectivity index (χ1) is 7.35. The van der Waals surface area contributed by atoms with Gasteiger partial charge in [0.1, 0.15) is 0 Å². The highest BCUT2D eigenvalue weighted by molar-refractivity contribution is 5.12. The third-order valence-corrected chi connectivity index (χ3v) is 2.82. The molecule has 1 saturated carbocycles. The van der Waals surface area contributed by atoms with E-state index in [-0.39, 0.29) is 6.61 Å². The zero-order valence-corrected chi connectivity index (χ0v) is 8.89. The van der Waals surface area contributed by atoms with Crippen LogP contribution in [0.4, 0.5) is 0 Å². The summed E-state index contributed by atoms with van der Waals surface area (Å²) < 4.78 is 1.90. The first kappa shape index (κ1) is 10.6. The molecule has 5 nitrogen and oxygen atoms in total. The minimum Gasteiger partial charge on any atom is -0.396 e. The molecule has 1 aliphatic rings. The Morgan fingerprint density at radius 1 is 1.47 bits per heavy atom. The van der Waals surface area contributed by atoms with Crippen LogP contribution in [0.1, 0.15) is 30.7 Å². The summed E-state index contributed by atoms with van der Waals surface area (Å²) in [6.07, 6.45) is 4.40. The van der Waals surface area contributed by atoms with Crippen molar-refractivity contribution in [2.75, 3.05) is 6.61 Å². The molecule has 84 valence electrons. The molecule has 1 heterocycles. The van der Waals surface area contributed by atoms with E-state index in [4.69, 9.17) is 10.8 Å². The molecule has 0 saturated heterocycles. The average molecular weight is 210 g/mol. The summed E-state index contributed by atoms with van der Waals surface area (Å²) in [6, 6.07) is 0. The Balaban J connectivity index is 2.08. The average Bonchev–Trinajstić information content (AvgIpc) is 2.97. The molecule has 0 unspecified atom stereocenters. The van der Waals surface area contributed by atoms with Crippen LogP contribution in [0.15, 0.2) is 0 Å². The van der Waals surface area contributed by atoms with Crippen molar-refractivity contribution >= 4 is 0 Å². The van der Waals surface area contributed by atoms with Gasteiger partial charge in [-0.25, -0.2) is 4.68 Å². The van der Waals surface area contributed by atoms with Gasteiger partial charge in [0.2, 0.25) is 0 Å². The Labute approximate surface area is 89.3 Å². The van der Waals surface area contributed by atoms with Gasteiger partial charge in [0, 0.05) is 19.7 Å². The van der Waals surface area contributed by atoms with E-state index in [1.165, 1.54) is 18.5 Å². The summed E-state index contributed by atoms with van der Waals surface area (Å²) in [6.45, 7) is 1.40. The number of aromatic nitrogens is 3. The number of nitrogens with zero attached hydrogens (tertiary/aromatic N) is 3. The summed E-state index contributed by atoms with van der Waals surface area (Å²) >= 11 is 0. The minimum atomic E-state index is 0.195. The smallest absolute Gasteiger partial charge is 0.0994 e. The van der Waals surface area contributed by atoms with Gasteiger partial charge in [-0.15, -0.1) is 5.10 Å². The maximum absolute atomic E-state index is 8.79. The van der Waals surface area contributed by atoms with Gasteiger partial charge in [-0.05, 0) is 31.6 Å². The molecule has 0 radical (unpaired) electrons. The fourth-order valence-electron chi connectivity index (χ4n) is 1.75. The van der Waals surface area contributed by atoms with E-state index in [0.717, 1.165) is 31.0 Å². The lowest BCUT2D eigenvalue weighted by Crippen LogP contribution is -2.09. The van der Waals surface area contributed by atoms with Crippen LogP contribution in [0.3, 0.4) is 0 Å². The minimum absolute atomic E-state index is 0.195. The molecular weight excluding hydrogens is 192 g/mol. The quantitative estimate of drug-likeness (QED) is 0.696. The zero-order chi connectivity index (χ0) is 10.7. The van der Waals surface area contributed by atoms with Crippen LogP contribution in [0.2, 0.25) is 0 Å². The fraction of sp³-hybridized carbons (Fsp3) is 0.800. The molecule has 0 aromatic carbocycles. The van der Waals surface area contributed by atoms with E-state index in [1.54, 1.807) is 0 Å². The Kier molecular flexibility index (Phi) is 3.33. The number of rotatable bonds is 6. The second-order valence-electron chi connectivity index (χ2n) is 4.13. The van der Waals surface area contributed by atoms with E-state index in [9.17, 15) is 0 Å². The van der Waals surface area contributed by atoms with Crippen molar-refractivity contribution in [2.24, 2.45) is 11.7 Å². The molecule has 0 amide bonds. The SMILES string of the molecule is NCc1nnn(CCCO)c1CC1CC1. The summed E-state index contributed by atoms with van der Waals surface area (Å²) in [4.78, 5) is 0. The third-order valence-electron chi connectivity index (χ3n) is 2.82. The molecular formula is C10H18N4O. The first-order valence-electron chi connectivity index (χ1n) is 5.57. The van der Waals surface area contributed by atoms with Gasteiger partial charge in [-0.1, -0.05) is 5.21 Å². The van der Waals surface area contributed by atoms with Crippen molar-refractivity contribution in [3.05, 3.63) is 11.4 Å². The largest absolute Gasteiger partial charge is 0.396 e.